The van der Waals surface area contributed by atoms with Gasteiger partial charge in [0.2, 0.25) is 0 Å². The van der Waals surface area contributed by atoms with Crippen LogP contribution in [0.5, 0.6) is 0 Å². The Balaban J connectivity index is 2.44. The smallest absolute Gasteiger partial charge is 0.310 e. The van der Waals surface area contributed by atoms with Gasteiger partial charge in [-0.2, -0.15) is 0 Å². The number of hydrogen-bond donors (Lipinski definition) is 1. The minimum absolute atomic E-state index is 0.192. The first-order chi connectivity index (χ1) is 6.33. The van der Waals surface area contributed by atoms with Gasteiger partial charge in [-0.25, -0.2) is 0 Å². The zero-order valence-electron chi connectivity index (χ0n) is 7.62. The zero-order valence-corrected chi connectivity index (χ0v) is 7.62. The maximum atomic E-state index is 11.1. The molecule has 0 aliphatic carbocycles. The topological polar surface area (TPSA) is 38.3 Å². The summed E-state index contributed by atoms with van der Waals surface area (Å²) in [6.07, 6.45) is 9.54. The molecule has 1 aliphatic heterocycles. The van der Waals surface area contributed by atoms with Crippen molar-refractivity contribution in [2.24, 2.45) is 0 Å². The fraction of sp³-hybridized carbons (Fsp3) is 0.300. The van der Waals surface area contributed by atoms with Crippen molar-refractivity contribution in [2.45, 2.75) is 13.3 Å². The van der Waals surface area contributed by atoms with E-state index in [-0.39, 0.29) is 5.97 Å². The summed E-state index contributed by atoms with van der Waals surface area (Å²) >= 11 is 0. The van der Waals surface area contributed by atoms with E-state index in [1.165, 1.54) is 0 Å². The van der Waals surface area contributed by atoms with Crippen LogP contribution in [0, 0.1) is 0 Å². The van der Waals surface area contributed by atoms with Gasteiger partial charge in [-0.15, -0.1) is 0 Å². The van der Waals surface area contributed by atoms with Crippen molar-refractivity contribution in [2.75, 3.05) is 6.61 Å². The van der Waals surface area contributed by atoms with E-state index in [4.69, 9.17) is 4.74 Å². The number of esters is 1. The molecule has 70 valence electrons. The van der Waals surface area contributed by atoms with Gasteiger partial charge in [-0.3, -0.25) is 4.79 Å². The van der Waals surface area contributed by atoms with E-state index in [1.54, 1.807) is 19.3 Å². The Morgan fingerprint density at radius 3 is 3.15 bits per heavy atom. The molecule has 3 heteroatoms. The Labute approximate surface area is 77.8 Å². The van der Waals surface area contributed by atoms with Gasteiger partial charge in [0.15, 0.2) is 0 Å². The van der Waals surface area contributed by atoms with Crippen molar-refractivity contribution in [3.8, 4) is 0 Å². The molecule has 0 atom stereocenters. The first-order valence-electron chi connectivity index (χ1n) is 4.27. The number of hydrogen-bond acceptors (Lipinski definition) is 3. The molecular weight excluding hydrogens is 166 g/mol. The van der Waals surface area contributed by atoms with Gasteiger partial charge in [-0.05, 0) is 18.6 Å². The Morgan fingerprint density at radius 1 is 1.54 bits per heavy atom. The minimum atomic E-state index is -0.192. The van der Waals surface area contributed by atoms with E-state index >= 15 is 0 Å². The number of allylic oxidation sites excluding steroid dienone is 3. The van der Waals surface area contributed by atoms with Gasteiger partial charge in [-0.1, -0.05) is 12.2 Å². The maximum Gasteiger partial charge on any atom is 0.310 e. The van der Waals surface area contributed by atoms with Crippen LogP contribution < -0.4 is 5.32 Å². The first kappa shape index (κ1) is 9.58. The van der Waals surface area contributed by atoms with Gasteiger partial charge in [0.25, 0.3) is 0 Å². The van der Waals surface area contributed by atoms with E-state index < -0.39 is 0 Å². The quantitative estimate of drug-likeness (QED) is 0.667. The highest BCUT2D eigenvalue weighted by molar-refractivity contribution is 5.73. The van der Waals surface area contributed by atoms with Crippen LogP contribution in [0.15, 0.2) is 36.2 Å². The van der Waals surface area contributed by atoms with E-state index in [9.17, 15) is 4.79 Å². The highest BCUT2D eigenvalue weighted by Gasteiger charge is 2.03. The lowest BCUT2D eigenvalue weighted by Gasteiger charge is -2.01. The van der Waals surface area contributed by atoms with E-state index in [0.717, 1.165) is 5.57 Å². The molecule has 1 heterocycles. The largest absolute Gasteiger partial charge is 0.466 e. The number of carbonyl (C=O) groups is 1. The maximum absolute atomic E-state index is 11.1. The molecule has 0 aromatic rings. The van der Waals surface area contributed by atoms with Crippen molar-refractivity contribution in [1.82, 2.24) is 5.32 Å². The van der Waals surface area contributed by atoms with E-state index in [0.29, 0.717) is 13.0 Å². The Bertz CT molecular complexity index is 264. The molecule has 0 fully saturated rings. The molecular formula is C10H13NO2. The number of ether oxygens (including phenoxy) is 1. The van der Waals surface area contributed by atoms with Gasteiger partial charge < -0.3 is 10.1 Å². The van der Waals surface area contributed by atoms with Crippen molar-refractivity contribution >= 4 is 5.97 Å². The lowest BCUT2D eigenvalue weighted by Crippen LogP contribution is -2.05. The van der Waals surface area contributed by atoms with Crippen LogP contribution in [-0.2, 0) is 9.53 Å². The Morgan fingerprint density at radius 2 is 2.38 bits per heavy atom. The Kier molecular flexibility index (Phi) is 3.82. The van der Waals surface area contributed by atoms with E-state index in [2.05, 4.69) is 5.32 Å². The molecule has 0 aromatic heterocycles. The number of nitrogens with one attached hydrogen (secondary N) is 1. The van der Waals surface area contributed by atoms with Crippen molar-refractivity contribution in [3.63, 3.8) is 0 Å². The predicted octanol–water partition coefficient (Wildman–Crippen LogP) is 1.50. The van der Waals surface area contributed by atoms with Crippen LogP contribution in [-0.4, -0.2) is 12.6 Å². The first-order valence-corrected chi connectivity index (χ1v) is 4.27. The third-order valence-corrected chi connectivity index (χ3v) is 1.54. The summed E-state index contributed by atoms with van der Waals surface area (Å²) in [5, 5.41) is 2.93. The summed E-state index contributed by atoms with van der Waals surface area (Å²) in [6, 6.07) is 0. The summed E-state index contributed by atoms with van der Waals surface area (Å²) in [4.78, 5) is 11.1. The van der Waals surface area contributed by atoms with Crippen LogP contribution in [0.1, 0.15) is 13.3 Å². The summed E-state index contributed by atoms with van der Waals surface area (Å²) < 4.78 is 4.82. The second kappa shape index (κ2) is 5.19. The third kappa shape index (κ3) is 3.60. The molecule has 3 nitrogen and oxygen atoms in total. The van der Waals surface area contributed by atoms with Crippen LogP contribution in [0.4, 0.5) is 0 Å². The molecule has 0 saturated heterocycles. The molecule has 1 N–H and O–H groups in total. The molecule has 0 aromatic carbocycles. The molecule has 0 bridgehead atoms. The molecule has 0 unspecified atom stereocenters. The highest BCUT2D eigenvalue weighted by Crippen LogP contribution is 2.05. The van der Waals surface area contributed by atoms with Gasteiger partial charge in [0.1, 0.15) is 0 Å². The molecule has 0 spiro atoms. The molecule has 1 rings (SSSR count). The normalized spacial score (nSPS) is 14.4. The number of rotatable bonds is 3. The van der Waals surface area contributed by atoms with Crippen molar-refractivity contribution in [1.29, 1.82) is 0 Å². The summed E-state index contributed by atoms with van der Waals surface area (Å²) in [7, 11) is 0. The third-order valence-electron chi connectivity index (χ3n) is 1.54. The van der Waals surface area contributed by atoms with Crippen LogP contribution >= 0.6 is 0 Å². The minimum Gasteiger partial charge on any atom is -0.466 e. The van der Waals surface area contributed by atoms with Gasteiger partial charge in [0.05, 0.1) is 13.0 Å². The van der Waals surface area contributed by atoms with Gasteiger partial charge >= 0.3 is 5.97 Å². The molecule has 1 aliphatic rings. The Hall–Kier alpha value is -1.51. The SMILES string of the molecule is CCOC(=O)CC1=CNC=CC=C1. The molecule has 0 amide bonds. The summed E-state index contributed by atoms with van der Waals surface area (Å²) in [6.45, 7) is 2.23. The van der Waals surface area contributed by atoms with Crippen molar-refractivity contribution < 1.29 is 9.53 Å². The van der Waals surface area contributed by atoms with Crippen molar-refractivity contribution in [3.05, 3.63) is 36.2 Å². The van der Waals surface area contributed by atoms with Gasteiger partial charge in [0, 0.05) is 12.4 Å². The fourth-order valence-electron chi connectivity index (χ4n) is 0.982. The standard InChI is InChI=1S/C10H13NO2/c1-2-13-10(12)7-9-5-3-4-6-11-8-9/h3-6,8,11H,2,7H2,1H3. The zero-order chi connectivity index (χ0) is 9.52. The lowest BCUT2D eigenvalue weighted by atomic mass is 10.2. The fourth-order valence-corrected chi connectivity index (χ4v) is 0.982. The summed E-state index contributed by atoms with van der Waals surface area (Å²) in [5.41, 5.74) is 0.920. The molecule has 0 radical (unpaired) electrons. The molecule has 13 heavy (non-hydrogen) atoms. The average molecular weight is 179 g/mol. The average Bonchev–Trinajstić information content (AvgIpc) is 2.33. The number of carbonyl (C=O) groups excluding carboxylic acids is 1. The van der Waals surface area contributed by atoms with E-state index in [1.807, 2.05) is 18.2 Å². The predicted molar refractivity (Wildman–Crippen MR) is 50.7 cm³/mol. The second-order valence-electron chi connectivity index (χ2n) is 2.59. The van der Waals surface area contributed by atoms with Crippen LogP contribution in [0.25, 0.3) is 0 Å². The van der Waals surface area contributed by atoms with Crippen LogP contribution in [0.3, 0.4) is 0 Å². The highest BCUT2D eigenvalue weighted by atomic mass is 16.5. The monoisotopic (exact) mass is 179 g/mol. The lowest BCUT2D eigenvalue weighted by molar-refractivity contribution is -0.142. The van der Waals surface area contributed by atoms with Crippen LogP contribution in [0.2, 0.25) is 0 Å². The summed E-state index contributed by atoms with van der Waals surface area (Å²) in [5.74, 6) is -0.192. The molecule has 0 saturated carbocycles. The second-order valence-corrected chi connectivity index (χ2v) is 2.59.